The van der Waals surface area contributed by atoms with Crippen molar-refractivity contribution in [3.63, 3.8) is 0 Å². The highest BCUT2D eigenvalue weighted by Crippen LogP contribution is 2.16. The minimum Gasteiger partial charge on any atom is -0.481 e. The highest BCUT2D eigenvalue weighted by Gasteiger charge is 2.25. The predicted octanol–water partition coefficient (Wildman–Crippen LogP) is 2.01. The largest absolute Gasteiger partial charge is 0.481 e. The topological polar surface area (TPSA) is 110 Å². The summed E-state index contributed by atoms with van der Waals surface area (Å²) in [5.41, 5.74) is -1.31. The van der Waals surface area contributed by atoms with E-state index >= 15 is 0 Å². The first-order valence-electron chi connectivity index (χ1n) is 7.57. The molecule has 23 heavy (non-hydrogen) atoms. The molecule has 136 valence electrons. The van der Waals surface area contributed by atoms with Crippen molar-refractivity contribution in [1.82, 2.24) is 0 Å². The summed E-state index contributed by atoms with van der Waals surface area (Å²) in [5, 5.41) is 16.7. The molecule has 0 spiro atoms. The van der Waals surface area contributed by atoms with Crippen LogP contribution in [0.2, 0.25) is 0 Å². The van der Waals surface area contributed by atoms with E-state index in [-0.39, 0.29) is 37.2 Å². The summed E-state index contributed by atoms with van der Waals surface area (Å²) in [6, 6.07) is 0. The molecule has 7 heteroatoms. The Morgan fingerprint density at radius 3 is 1.39 bits per heavy atom. The minimum atomic E-state index is -0.986. The number of hydrogen-bond acceptors (Lipinski definition) is 6. The number of aliphatic carboxylic acids is 1. The molecule has 0 aromatic carbocycles. The Labute approximate surface area is 138 Å². The first-order chi connectivity index (χ1) is 10.4. The molecular formula is C16H30O7. The molecule has 0 aliphatic carbocycles. The average molecular weight is 334 g/mol. The van der Waals surface area contributed by atoms with Crippen LogP contribution >= 0.6 is 0 Å². The number of carboxylic acid groups (broad SMARTS) is 1. The third kappa shape index (κ3) is 12.6. The zero-order valence-corrected chi connectivity index (χ0v) is 15.0. The number of carbonyl (C=O) groups excluding carboxylic acids is 2. The minimum absolute atomic E-state index is 0.232. The van der Waals surface area contributed by atoms with Crippen molar-refractivity contribution in [3.05, 3.63) is 0 Å². The Morgan fingerprint density at radius 2 is 1.22 bits per heavy atom. The van der Waals surface area contributed by atoms with Crippen LogP contribution in [-0.2, 0) is 23.9 Å². The molecule has 0 bridgehead atoms. The van der Waals surface area contributed by atoms with Crippen molar-refractivity contribution in [2.24, 2.45) is 10.8 Å². The SMILES string of the molecule is CC(C)(CO)C(=O)O.CCC(=O)OCC(C)(C)COC(=O)CC. The molecule has 7 nitrogen and oxygen atoms in total. The highest BCUT2D eigenvalue weighted by atomic mass is 16.5. The molecule has 0 saturated heterocycles. The van der Waals surface area contributed by atoms with Gasteiger partial charge in [-0.15, -0.1) is 0 Å². The van der Waals surface area contributed by atoms with E-state index in [1.165, 1.54) is 13.8 Å². The molecule has 0 saturated carbocycles. The Kier molecular flexibility index (Phi) is 11.3. The summed E-state index contributed by atoms with van der Waals surface area (Å²) < 4.78 is 9.98. The van der Waals surface area contributed by atoms with E-state index in [1.807, 2.05) is 13.8 Å². The van der Waals surface area contributed by atoms with E-state index in [4.69, 9.17) is 19.7 Å². The summed E-state index contributed by atoms with van der Waals surface area (Å²) in [5.74, 6) is -1.44. The van der Waals surface area contributed by atoms with E-state index < -0.39 is 11.4 Å². The Balaban J connectivity index is 0. The number of aliphatic hydroxyl groups is 1. The Hall–Kier alpha value is -1.63. The maximum absolute atomic E-state index is 10.9. The number of ether oxygens (including phenoxy) is 2. The Bertz CT molecular complexity index is 364. The van der Waals surface area contributed by atoms with Crippen molar-refractivity contribution in [3.8, 4) is 0 Å². The molecule has 0 amide bonds. The molecule has 0 aliphatic rings. The van der Waals surface area contributed by atoms with Gasteiger partial charge in [0.1, 0.15) is 0 Å². The van der Waals surface area contributed by atoms with Gasteiger partial charge in [-0.05, 0) is 13.8 Å². The van der Waals surface area contributed by atoms with Crippen LogP contribution in [0, 0.1) is 10.8 Å². The van der Waals surface area contributed by atoms with Crippen LogP contribution in [0.5, 0.6) is 0 Å². The fourth-order valence-electron chi connectivity index (χ4n) is 0.865. The molecule has 0 fully saturated rings. The van der Waals surface area contributed by atoms with Crippen LogP contribution in [0.4, 0.5) is 0 Å². The maximum Gasteiger partial charge on any atom is 0.311 e. The quantitative estimate of drug-likeness (QED) is 0.653. The van der Waals surface area contributed by atoms with E-state index in [1.54, 1.807) is 13.8 Å². The fourth-order valence-corrected chi connectivity index (χ4v) is 0.865. The molecule has 0 rings (SSSR count). The van der Waals surface area contributed by atoms with Crippen molar-refractivity contribution >= 4 is 17.9 Å². The number of esters is 2. The van der Waals surface area contributed by atoms with Crippen molar-refractivity contribution in [2.75, 3.05) is 19.8 Å². The first kappa shape index (κ1) is 23.6. The lowest BCUT2D eigenvalue weighted by Gasteiger charge is -2.23. The molecule has 0 atom stereocenters. The zero-order chi connectivity index (χ0) is 18.7. The molecule has 0 unspecified atom stereocenters. The van der Waals surface area contributed by atoms with Crippen molar-refractivity contribution in [2.45, 2.75) is 54.4 Å². The normalized spacial score (nSPS) is 11.1. The third-order valence-corrected chi connectivity index (χ3v) is 2.80. The van der Waals surface area contributed by atoms with Gasteiger partial charge in [-0.25, -0.2) is 0 Å². The molecule has 0 aliphatic heterocycles. The monoisotopic (exact) mass is 334 g/mol. The molecule has 2 N–H and O–H groups in total. The van der Waals surface area contributed by atoms with Crippen LogP contribution in [-0.4, -0.2) is 47.9 Å². The van der Waals surface area contributed by atoms with Crippen LogP contribution in [0.3, 0.4) is 0 Å². The van der Waals surface area contributed by atoms with E-state index in [9.17, 15) is 14.4 Å². The summed E-state index contributed by atoms with van der Waals surface area (Å²) in [7, 11) is 0. The van der Waals surface area contributed by atoms with Gasteiger partial charge >= 0.3 is 17.9 Å². The third-order valence-electron chi connectivity index (χ3n) is 2.80. The van der Waals surface area contributed by atoms with E-state index in [0.29, 0.717) is 12.8 Å². The van der Waals surface area contributed by atoms with Crippen LogP contribution in [0.1, 0.15) is 54.4 Å². The molecule has 0 aromatic heterocycles. The maximum atomic E-state index is 10.9. The number of carbonyl (C=O) groups is 3. The van der Waals surface area contributed by atoms with Gasteiger partial charge in [0.15, 0.2) is 0 Å². The van der Waals surface area contributed by atoms with Gasteiger partial charge in [0.05, 0.1) is 25.2 Å². The lowest BCUT2D eigenvalue weighted by Crippen LogP contribution is -2.28. The number of hydrogen-bond donors (Lipinski definition) is 2. The second kappa shape index (κ2) is 11.0. The summed E-state index contributed by atoms with van der Waals surface area (Å²) in [4.78, 5) is 31.9. The van der Waals surface area contributed by atoms with E-state index in [2.05, 4.69) is 0 Å². The van der Waals surface area contributed by atoms with Gasteiger partial charge in [0, 0.05) is 18.3 Å². The van der Waals surface area contributed by atoms with Gasteiger partial charge < -0.3 is 19.7 Å². The summed E-state index contributed by atoms with van der Waals surface area (Å²) >= 11 is 0. The molecule has 0 radical (unpaired) electrons. The van der Waals surface area contributed by atoms with Crippen molar-refractivity contribution in [1.29, 1.82) is 0 Å². The van der Waals surface area contributed by atoms with Gasteiger partial charge in [-0.3, -0.25) is 14.4 Å². The summed E-state index contributed by atoms with van der Waals surface area (Å²) in [6.07, 6.45) is 0.732. The number of aliphatic hydroxyl groups excluding tert-OH is 1. The fraction of sp³-hybridized carbons (Fsp3) is 0.812. The van der Waals surface area contributed by atoms with Gasteiger partial charge in [0.25, 0.3) is 0 Å². The highest BCUT2D eigenvalue weighted by molar-refractivity contribution is 5.73. The van der Waals surface area contributed by atoms with Crippen LogP contribution in [0.25, 0.3) is 0 Å². The molecule has 0 heterocycles. The molecular weight excluding hydrogens is 304 g/mol. The first-order valence-corrected chi connectivity index (χ1v) is 7.57. The smallest absolute Gasteiger partial charge is 0.311 e. The van der Waals surface area contributed by atoms with Crippen LogP contribution < -0.4 is 0 Å². The van der Waals surface area contributed by atoms with Crippen LogP contribution in [0.15, 0.2) is 0 Å². The summed E-state index contributed by atoms with van der Waals surface area (Å²) in [6.45, 7) is 10.4. The standard InChI is InChI=1S/C11H20O4.C5H10O3/c1-5-9(12)14-7-11(3,4)8-15-10(13)6-2;1-5(2,3-6)4(7)8/h5-8H2,1-4H3;6H,3H2,1-2H3,(H,7,8). The second-order valence-electron chi connectivity index (χ2n) is 6.54. The van der Waals surface area contributed by atoms with Gasteiger partial charge in [0.2, 0.25) is 0 Å². The van der Waals surface area contributed by atoms with Gasteiger partial charge in [-0.2, -0.15) is 0 Å². The number of carboxylic acids is 1. The predicted molar refractivity (Wildman–Crippen MR) is 84.8 cm³/mol. The zero-order valence-electron chi connectivity index (χ0n) is 15.0. The van der Waals surface area contributed by atoms with Gasteiger partial charge in [-0.1, -0.05) is 27.7 Å². The van der Waals surface area contributed by atoms with E-state index in [0.717, 1.165) is 0 Å². The average Bonchev–Trinajstić information content (AvgIpc) is 2.50. The lowest BCUT2D eigenvalue weighted by atomic mass is 9.96. The van der Waals surface area contributed by atoms with Crippen molar-refractivity contribution < 1.29 is 34.1 Å². The Morgan fingerprint density at radius 1 is 0.870 bits per heavy atom. The number of rotatable bonds is 8. The molecule has 0 aromatic rings. The lowest BCUT2D eigenvalue weighted by molar-refractivity contribution is -0.152. The second-order valence-corrected chi connectivity index (χ2v) is 6.54.